The summed E-state index contributed by atoms with van der Waals surface area (Å²) in [6, 6.07) is 0.212. The molecular formula is C24H27NO6. The number of aromatic hydroxyl groups is 2. The third-order valence-corrected chi connectivity index (χ3v) is 6.79. The van der Waals surface area contributed by atoms with E-state index in [-0.39, 0.29) is 45.6 Å². The SMILES string of the molecule is CC(=O)c1c(O)c(C)c(O)c2c1OC1=CC(=O)/C(=C(/C)NC3CCCCC3)C(=O)[C@@]12C. The van der Waals surface area contributed by atoms with Crippen molar-refractivity contribution >= 4 is 17.3 Å². The van der Waals surface area contributed by atoms with Crippen molar-refractivity contribution in [2.45, 2.75) is 71.3 Å². The molecule has 2 aliphatic carbocycles. The minimum atomic E-state index is -1.47. The number of allylic oxidation sites excluding steroid dienone is 4. The lowest BCUT2D eigenvalue weighted by Crippen LogP contribution is -2.42. The lowest BCUT2D eigenvalue weighted by Gasteiger charge is -2.30. The molecule has 0 bridgehead atoms. The largest absolute Gasteiger partial charge is 0.507 e. The number of hydrogen-bond donors (Lipinski definition) is 3. The van der Waals surface area contributed by atoms with Crippen LogP contribution in [0, 0.1) is 6.92 Å². The average Bonchev–Trinajstić information content (AvgIpc) is 3.00. The standard InChI is InChI=1S/C24H27NO6/c1-11-20(28)18(13(3)26)22-19(21(11)29)24(4)16(31-22)10-15(27)17(23(24)30)12(2)25-14-8-6-5-7-9-14/h10,14,25,28-29H,5-9H2,1-4H3/b17-12+/t24-/m0/s1. The summed E-state index contributed by atoms with van der Waals surface area (Å²) >= 11 is 0. The summed E-state index contributed by atoms with van der Waals surface area (Å²) in [7, 11) is 0. The molecule has 7 heteroatoms. The van der Waals surface area contributed by atoms with Gasteiger partial charge in [-0.3, -0.25) is 14.4 Å². The van der Waals surface area contributed by atoms with E-state index >= 15 is 0 Å². The van der Waals surface area contributed by atoms with Crippen molar-refractivity contribution in [2.75, 3.05) is 0 Å². The minimum Gasteiger partial charge on any atom is -0.507 e. The average molecular weight is 425 g/mol. The highest BCUT2D eigenvalue weighted by molar-refractivity contribution is 6.31. The topological polar surface area (TPSA) is 113 Å². The van der Waals surface area contributed by atoms with Crippen LogP contribution in [0.4, 0.5) is 0 Å². The van der Waals surface area contributed by atoms with Gasteiger partial charge in [0, 0.05) is 23.4 Å². The molecule has 3 aliphatic rings. The van der Waals surface area contributed by atoms with Gasteiger partial charge in [-0.1, -0.05) is 19.3 Å². The maximum Gasteiger partial charge on any atom is 0.194 e. The van der Waals surface area contributed by atoms with Gasteiger partial charge in [0.1, 0.15) is 34.0 Å². The van der Waals surface area contributed by atoms with Gasteiger partial charge in [-0.2, -0.15) is 0 Å². The van der Waals surface area contributed by atoms with E-state index in [1.165, 1.54) is 26.3 Å². The Balaban J connectivity index is 1.87. The van der Waals surface area contributed by atoms with E-state index in [4.69, 9.17) is 4.74 Å². The molecule has 1 heterocycles. The van der Waals surface area contributed by atoms with Gasteiger partial charge >= 0.3 is 0 Å². The molecule has 7 nitrogen and oxygen atoms in total. The number of fused-ring (bicyclic) bond motifs is 3. The quantitative estimate of drug-likeness (QED) is 0.386. The molecule has 0 spiro atoms. The van der Waals surface area contributed by atoms with Crippen molar-refractivity contribution in [1.29, 1.82) is 0 Å². The normalized spacial score (nSPS) is 24.8. The van der Waals surface area contributed by atoms with Crippen molar-refractivity contribution in [3.8, 4) is 17.2 Å². The van der Waals surface area contributed by atoms with E-state index in [9.17, 15) is 24.6 Å². The van der Waals surface area contributed by atoms with Crippen molar-refractivity contribution in [3.05, 3.63) is 39.8 Å². The zero-order valence-corrected chi connectivity index (χ0v) is 18.2. The first-order valence-electron chi connectivity index (χ1n) is 10.7. The number of ketones is 3. The molecule has 1 aliphatic heterocycles. The smallest absolute Gasteiger partial charge is 0.194 e. The molecule has 1 aromatic carbocycles. The zero-order chi connectivity index (χ0) is 22.7. The van der Waals surface area contributed by atoms with Crippen LogP contribution in [0.5, 0.6) is 17.2 Å². The molecule has 0 amide bonds. The van der Waals surface area contributed by atoms with Crippen molar-refractivity contribution in [3.63, 3.8) is 0 Å². The van der Waals surface area contributed by atoms with Crippen LogP contribution in [0.1, 0.15) is 74.4 Å². The molecule has 4 rings (SSSR count). The van der Waals surface area contributed by atoms with Gasteiger partial charge in [-0.15, -0.1) is 0 Å². The molecule has 1 aromatic rings. The number of carbonyl (C=O) groups is 3. The van der Waals surface area contributed by atoms with Crippen LogP contribution in [0.3, 0.4) is 0 Å². The van der Waals surface area contributed by atoms with Crippen LogP contribution >= 0.6 is 0 Å². The molecule has 0 unspecified atom stereocenters. The predicted molar refractivity (Wildman–Crippen MR) is 113 cm³/mol. The van der Waals surface area contributed by atoms with Crippen LogP contribution < -0.4 is 10.1 Å². The van der Waals surface area contributed by atoms with E-state index < -0.39 is 28.5 Å². The number of phenols is 2. The third kappa shape index (κ3) is 2.98. The van der Waals surface area contributed by atoms with Crippen LogP contribution in [-0.2, 0) is 15.0 Å². The molecule has 0 aromatic heterocycles. The van der Waals surface area contributed by atoms with Crippen molar-refractivity contribution < 1.29 is 29.3 Å². The molecule has 1 fully saturated rings. The van der Waals surface area contributed by atoms with E-state index in [1.807, 2.05) is 0 Å². The summed E-state index contributed by atoms with van der Waals surface area (Å²) in [6.07, 6.45) is 6.62. The Morgan fingerprint density at radius 2 is 1.77 bits per heavy atom. The Hall–Kier alpha value is -3.09. The zero-order valence-electron chi connectivity index (χ0n) is 18.2. The van der Waals surface area contributed by atoms with Crippen LogP contribution in [0.15, 0.2) is 23.1 Å². The van der Waals surface area contributed by atoms with Gasteiger partial charge in [0.15, 0.2) is 17.3 Å². The number of ether oxygens (including phenoxy) is 1. The van der Waals surface area contributed by atoms with Gasteiger partial charge in [0.2, 0.25) is 0 Å². The molecule has 31 heavy (non-hydrogen) atoms. The maximum atomic E-state index is 13.7. The number of benzene rings is 1. The molecule has 0 radical (unpaired) electrons. The second-order valence-electron chi connectivity index (χ2n) is 8.87. The van der Waals surface area contributed by atoms with Crippen molar-refractivity contribution in [2.24, 2.45) is 0 Å². The summed E-state index contributed by atoms with van der Waals surface area (Å²) in [5, 5.41) is 24.6. The van der Waals surface area contributed by atoms with E-state index in [0.29, 0.717) is 5.70 Å². The van der Waals surface area contributed by atoms with Crippen LogP contribution in [-0.4, -0.2) is 33.6 Å². The lowest BCUT2D eigenvalue weighted by atomic mass is 9.70. The Kier molecular flexibility index (Phi) is 4.95. The van der Waals surface area contributed by atoms with Crippen LogP contribution in [0.2, 0.25) is 0 Å². The number of nitrogens with one attached hydrogen (secondary N) is 1. The number of phenolic OH excluding ortho intramolecular Hbond substituents is 2. The van der Waals surface area contributed by atoms with Gasteiger partial charge < -0.3 is 20.3 Å². The molecule has 3 N–H and O–H groups in total. The monoisotopic (exact) mass is 425 g/mol. The number of hydrogen-bond acceptors (Lipinski definition) is 7. The van der Waals surface area contributed by atoms with E-state index in [2.05, 4.69) is 5.32 Å². The van der Waals surface area contributed by atoms with Gasteiger partial charge in [-0.25, -0.2) is 0 Å². The number of carbonyl (C=O) groups excluding carboxylic acids is 3. The summed E-state index contributed by atoms with van der Waals surface area (Å²) in [5.74, 6) is -2.17. The predicted octanol–water partition coefficient (Wildman–Crippen LogP) is 3.49. The summed E-state index contributed by atoms with van der Waals surface area (Å²) < 4.78 is 5.78. The second kappa shape index (κ2) is 7.25. The highest BCUT2D eigenvalue weighted by atomic mass is 16.5. The minimum absolute atomic E-state index is 0.0303. The summed E-state index contributed by atoms with van der Waals surface area (Å²) in [4.78, 5) is 38.9. The highest BCUT2D eigenvalue weighted by Crippen LogP contribution is 2.57. The van der Waals surface area contributed by atoms with Crippen LogP contribution in [0.25, 0.3) is 0 Å². The van der Waals surface area contributed by atoms with E-state index in [1.54, 1.807) is 13.8 Å². The van der Waals surface area contributed by atoms with Gasteiger partial charge in [0.05, 0.1) is 11.1 Å². The molecule has 1 saturated carbocycles. The Bertz CT molecular complexity index is 1090. The molecular weight excluding hydrogens is 398 g/mol. The fourth-order valence-electron chi connectivity index (χ4n) is 4.99. The first-order valence-corrected chi connectivity index (χ1v) is 10.7. The Morgan fingerprint density at radius 1 is 1.13 bits per heavy atom. The van der Waals surface area contributed by atoms with Gasteiger partial charge in [0.25, 0.3) is 0 Å². The first-order chi connectivity index (χ1) is 14.6. The Morgan fingerprint density at radius 3 is 2.39 bits per heavy atom. The lowest BCUT2D eigenvalue weighted by molar-refractivity contribution is -0.123. The van der Waals surface area contributed by atoms with Gasteiger partial charge in [-0.05, 0) is 40.5 Å². The fourth-order valence-corrected chi connectivity index (χ4v) is 4.99. The number of rotatable bonds is 3. The summed E-state index contributed by atoms with van der Waals surface area (Å²) in [6.45, 7) is 6.03. The first kappa shape index (κ1) is 21.2. The molecule has 1 atom stereocenters. The van der Waals surface area contributed by atoms with Crippen molar-refractivity contribution in [1.82, 2.24) is 5.32 Å². The number of Topliss-reactive ketones (excluding diaryl/α,β-unsaturated/α-hetero) is 2. The highest BCUT2D eigenvalue weighted by Gasteiger charge is 2.56. The fraction of sp³-hybridized carbons (Fsp3) is 0.458. The Labute approximate surface area is 180 Å². The molecule has 164 valence electrons. The summed E-state index contributed by atoms with van der Waals surface area (Å²) in [5.41, 5.74) is -0.844. The molecule has 0 saturated heterocycles. The second-order valence-corrected chi connectivity index (χ2v) is 8.87. The van der Waals surface area contributed by atoms with E-state index in [0.717, 1.165) is 25.7 Å². The maximum absolute atomic E-state index is 13.7. The third-order valence-electron chi connectivity index (χ3n) is 6.79.